The normalized spacial score (nSPS) is 12.2. The molecule has 0 bridgehead atoms. The van der Waals surface area contributed by atoms with E-state index in [-0.39, 0.29) is 38.3 Å². The zero-order chi connectivity index (χ0) is 19.8. The van der Waals surface area contributed by atoms with Gasteiger partial charge < -0.3 is 0 Å². The molecule has 27 heavy (non-hydrogen) atoms. The Kier molecular flexibility index (Phi) is 7.72. The third-order valence-corrected chi connectivity index (χ3v) is 3.47. The van der Waals surface area contributed by atoms with Gasteiger partial charge in [-0.05, 0) is 0 Å². The summed E-state index contributed by atoms with van der Waals surface area (Å²) in [6, 6.07) is -0.132. The van der Waals surface area contributed by atoms with E-state index in [0.717, 1.165) is 13.8 Å². The van der Waals surface area contributed by atoms with E-state index in [9.17, 15) is 35.1 Å². The summed E-state index contributed by atoms with van der Waals surface area (Å²) in [4.78, 5) is 0. The molecule has 0 heterocycles. The van der Waals surface area contributed by atoms with Crippen molar-refractivity contribution in [1.29, 1.82) is 0 Å². The van der Waals surface area contributed by atoms with Crippen LogP contribution in [0.1, 0.15) is 25.0 Å². The number of rotatable bonds is 3. The van der Waals surface area contributed by atoms with Crippen LogP contribution in [0.3, 0.4) is 0 Å². The van der Waals surface area contributed by atoms with Crippen molar-refractivity contribution in [3.63, 3.8) is 0 Å². The fourth-order valence-corrected chi connectivity index (χ4v) is 2.34. The average Bonchev–Trinajstić information content (AvgIpc) is 2.59. The van der Waals surface area contributed by atoms with E-state index < -0.39 is 68.8 Å². The fraction of sp³-hybridized carbons (Fsp3) is 0.111. The first-order valence-corrected chi connectivity index (χ1v) is 6.92. The Labute approximate surface area is 168 Å². The minimum Gasteiger partial charge on any atom is -0.289 e. The van der Waals surface area contributed by atoms with Crippen LogP contribution in [0.25, 0.3) is 11.1 Å². The summed E-state index contributed by atoms with van der Waals surface area (Å²) >= 11 is 0. The largest absolute Gasteiger partial charge is 4.00 e. The minimum atomic E-state index is -1.88. The van der Waals surface area contributed by atoms with E-state index >= 15 is 0 Å². The van der Waals surface area contributed by atoms with Gasteiger partial charge in [0.25, 0.3) is 0 Å². The topological polar surface area (TPSA) is 0 Å². The molecule has 0 aliphatic heterocycles. The summed E-state index contributed by atoms with van der Waals surface area (Å²) in [5.41, 5.74) is -4.44. The molecule has 2 rings (SSSR count). The number of hydrogen-bond donors (Lipinski definition) is 0. The Morgan fingerprint density at radius 1 is 0.556 bits per heavy atom. The van der Waals surface area contributed by atoms with E-state index in [2.05, 4.69) is 12.2 Å². The number of benzene rings is 2. The van der Waals surface area contributed by atoms with Gasteiger partial charge in [-0.15, -0.1) is 25.0 Å². The van der Waals surface area contributed by atoms with Crippen molar-refractivity contribution in [2.75, 3.05) is 0 Å². The minimum absolute atomic E-state index is 0. The predicted octanol–water partition coefficient (Wildman–Crippen LogP) is 5.91. The average molecular weight is 467 g/mol. The zero-order valence-corrected chi connectivity index (χ0v) is 16.1. The van der Waals surface area contributed by atoms with Crippen LogP contribution in [0.4, 0.5) is 35.1 Å². The van der Waals surface area contributed by atoms with Gasteiger partial charge in [0.1, 0.15) is 46.5 Å². The van der Waals surface area contributed by atoms with Crippen LogP contribution in [-0.2, 0) is 26.2 Å². The Morgan fingerprint density at radius 2 is 0.778 bits per heavy atom. The van der Waals surface area contributed by atoms with E-state index in [1.165, 1.54) is 0 Å². The summed E-state index contributed by atoms with van der Waals surface area (Å²) in [7, 11) is 0. The van der Waals surface area contributed by atoms with Crippen molar-refractivity contribution in [1.82, 2.24) is 0 Å². The Hall–Kier alpha value is -1.76. The molecule has 0 N–H and O–H groups in total. The summed E-state index contributed by atoms with van der Waals surface area (Å²) in [6.45, 7) is 2.03. The smallest absolute Gasteiger partial charge is 0.289 e. The van der Waals surface area contributed by atoms with Gasteiger partial charge in [0, 0.05) is 12.1 Å². The molecule has 0 amide bonds. The molecule has 0 saturated carbocycles. The Morgan fingerprint density at radius 3 is 0.963 bits per heavy atom. The molecule has 0 spiro atoms. The van der Waals surface area contributed by atoms with Crippen molar-refractivity contribution < 1.29 is 61.3 Å². The summed E-state index contributed by atoms with van der Waals surface area (Å²) < 4.78 is 110. The van der Waals surface area contributed by atoms with Crippen molar-refractivity contribution in [3.8, 4) is 0 Å². The molecular formula is C18H8F8Zr+2. The SMILES string of the molecule is C[C-]=C(C(=[C-]C)c1c(F)c(F)cc(F)c1F)c1c(F)c(F)cc(F)c1F.[Zr+4]. The van der Waals surface area contributed by atoms with Crippen LogP contribution in [0.2, 0.25) is 0 Å². The maximum atomic E-state index is 14.0. The molecular weight excluding hydrogens is 459 g/mol. The van der Waals surface area contributed by atoms with Gasteiger partial charge in [-0.2, -0.15) is 0 Å². The number of halogens is 8. The molecule has 0 nitrogen and oxygen atoms in total. The zero-order valence-electron chi connectivity index (χ0n) is 13.7. The van der Waals surface area contributed by atoms with Crippen LogP contribution < -0.4 is 0 Å². The van der Waals surface area contributed by atoms with Crippen LogP contribution >= 0.6 is 0 Å². The first-order chi connectivity index (χ1) is 12.1. The third-order valence-electron chi connectivity index (χ3n) is 3.47. The quantitative estimate of drug-likeness (QED) is 0.228. The molecule has 9 heteroatoms. The van der Waals surface area contributed by atoms with Gasteiger partial charge in [0.15, 0.2) is 0 Å². The summed E-state index contributed by atoms with van der Waals surface area (Å²) in [5, 5.41) is 0. The van der Waals surface area contributed by atoms with E-state index in [1.54, 1.807) is 0 Å². The standard InChI is InChI=1S/C18H8F8.Zr/c1-3-7(13-15(23)9(19)5-10(20)16(13)24)8(4-2)14-17(25)11(21)6-12(22)18(14)26;/h5-6H,1-2H3;/q-2;+4. The monoisotopic (exact) mass is 466 g/mol. The Balaban J connectivity index is 0.00000364. The van der Waals surface area contributed by atoms with E-state index in [1.807, 2.05) is 0 Å². The van der Waals surface area contributed by atoms with E-state index in [0.29, 0.717) is 0 Å². The molecule has 0 unspecified atom stereocenters. The molecule has 0 aliphatic rings. The second kappa shape index (κ2) is 8.96. The Bertz CT molecular complexity index is 817. The van der Waals surface area contributed by atoms with Crippen molar-refractivity contribution >= 4 is 11.1 Å². The molecule has 0 fully saturated rings. The predicted molar refractivity (Wildman–Crippen MR) is 77.2 cm³/mol. The summed E-state index contributed by atoms with van der Waals surface area (Å²) in [5.74, 6) is -14.6. The second-order valence-corrected chi connectivity index (χ2v) is 4.94. The van der Waals surface area contributed by atoms with Crippen molar-refractivity contribution in [2.24, 2.45) is 0 Å². The van der Waals surface area contributed by atoms with Crippen molar-refractivity contribution in [2.45, 2.75) is 13.8 Å². The molecule has 2 aromatic rings. The van der Waals surface area contributed by atoms with Crippen LogP contribution in [0.15, 0.2) is 12.1 Å². The van der Waals surface area contributed by atoms with Crippen molar-refractivity contribution in [3.05, 3.63) is 81.9 Å². The maximum absolute atomic E-state index is 14.0. The molecule has 0 aromatic heterocycles. The van der Waals surface area contributed by atoms with Crippen LogP contribution in [0, 0.1) is 58.7 Å². The second-order valence-electron chi connectivity index (χ2n) is 4.94. The van der Waals surface area contributed by atoms with Gasteiger partial charge in [0.2, 0.25) is 0 Å². The molecule has 138 valence electrons. The van der Waals surface area contributed by atoms with Gasteiger partial charge in [-0.1, -0.05) is 0 Å². The molecule has 0 atom stereocenters. The van der Waals surface area contributed by atoms with Crippen LogP contribution in [0.5, 0.6) is 0 Å². The molecule has 2 aromatic carbocycles. The number of allylic oxidation sites excluding steroid dienone is 4. The molecule has 0 aliphatic carbocycles. The van der Waals surface area contributed by atoms with Crippen LogP contribution in [-0.4, -0.2) is 0 Å². The molecule has 0 saturated heterocycles. The van der Waals surface area contributed by atoms with Gasteiger partial charge in [0.05, 0.1) is 0 Å². The van der Waals surface area contributed by atoms with E-state index in [4.69, 9.17) is 0 Å². The number of hydrogen-bond acceptors (Lipinski definition) is 0. The first kappa shape index (κ1) is 23.3. The first-order valence-electron chi connectivity index (χ1n) is 6.92. The molecule has 0 radical (unpaired) electrons. The van der Waals surface area contributed by atoms with Gasteiger partial charge in [-0.3, -0.25) is 23.3 Å². The maximum Gasteiger partial charge on any atom is 4.00 e. The summed E-state index contributed by atoms with van der Waals surface area (Å²) in [6.07, 6.45) is 4.25. The fourth-order valence-electron chi connectivity index (χ4n) is 2.34. The van der Waals surface area contributed by atoms with Gasteiger partial charge in [-0.25, -0.2) is 35.1 Å². The third kappa shape index (κ3) is 4.08. The van der Waals surface area contributed by atoms with Gasteiger partial charge >= 0.3 is 26.2 Å².